The molecule has 0 amide bonds. The summed E-state index contributed by atoms with van der Waals surface area (Å²) >= 11 is 3.52. The Labute approximate surface area is 192 Å². The summed E-state index contributed by atoms with van der Waals surface area (Å²) in [5.74, 6) is -1.41. The number of carbonyl (C=O) groups is 2. The van der Waals surface area contributed by atoms with Crippen molar-refractivity contribution < 1.29 is 14.3 Å². The second kappa shape index (κ2) is 12.4. The van der Waals surface area contributed by atoms with Crippen LogP contribution in [0.3, 0.4) is 0 Å². The molecule has 1 atom stereocenters. The van der Waals surface area contributed by atoms with Gasteiger partial charge in [-0.05, 0) is 44.0 Å². The molecule has 3 aromatic rings. The van der Waals surface area contributed by atoms with Crippen LogP contribution in [0.5, 0.6) is 0 Å². The molecule has 0 aliphatic carbocycles. The minimum absolute atomic E-state index is 0.158. The molecule has 0 fully saturated rings. The first-order valence-electron chi connectivity index (χ1n) is 10.4. The Kier molecular flexibility index (Phi) is 9.25. The molecule has 0 saturated carbocycles. The number of Topliss-reactive ketones (excluding diaryl/α,β-unsaturated/α-hetero) is 1. The van der Waals surface area contributed by atoms with Crippen LogP contribution in [0, 0.1) is 5.92 Å². The van der Waals surface area contributed by atoms with Crippen LogP contribution in [0.15, 0.2) is 101 Å². The van der Waals surface area contributed by atoms with E-state index in [9.17, 15) is 9.59 Å². The Balaban J connectivity index is 1.76. The van der Waals surface area contributed by atoms with Gasteiger partial charge >= 0.3 is 5.97 Å². The number of thioether (sulfide) groups is 2. The van der Waals surface area contributed by atoms with Gasteiger partial charge in [0.2, 0.25) is 0 Å². The predicted octanol–water partition coefficient (Wildman–Crippen LogP) is 6.74. The average molecular weight is 451 g/mol. The minimum Gasteiger partial charge on any atom is -0.465 e. The highest BCUT2D eigenvalue weighted by Crippen LogP contribution is 2.39. The number of esters is 1. The summed E-state index contributed by atoms with van der Waals surface area (Å²) in [5.41, 5.74) is 0.545. The molecule has 0 bridgehead atoms. The molecule has 0 heterocycles. The first-order chi connectivity index (χ1) is 15.2. The zero-order valence-corrected chi connectivity index (χ0v) is 19.1. The van der Waals surface area contributed by atoms with Gasteiger partial charge < -0.3 is 4.74 Å². The van der Waals surface area contributed by atoms with Gasteiger partial charge in [0.15, 0.2) is 5.78 Å². The van der Waals surface area contributed by atoms with E-state index in [1.807, 2.05) is 54.6 Å². The van der Waals surface area contributed by atoms with Crippen LogP contribution in [0.25, 0.3) is 0 Å². The fraction of sp³-hybridized carbons (Fsp3) is 0.231. The van der Waals surface area contributed by atoms with Gasteiger partial charge in [-0.1, -0.05) is 66.7 Å². The molecule has 0 aliphatic rings. The van der Waals surface area contributed by atoms with Gasteiger partial charge in [0.05, 0.1) is 11.2 Å². The SMILES string of the molecule is CCOC(=O)C(CCC(Sc1ccccc1)Sc1ccccc1)C(=O)c1ccccc1. The Bertz CT molecular complexity index is 905. The molecule has 0 saturated heterocycles. The summed E-state index contributed by atoms with van der Waals surface area (Å²) in [7, 11) is 0. The van der Waals surface area contributed by atoms with Gasteiger partial charge in [-0.15, -0.1) is 23.5 Å². The lowest BCUT2D eigenvalue weighted by Crippen LogP contribution is -2.27. The topological polar surface area (TPSA) is 43.4 Å². The summed E-state index contributed by atoms with van der Waals surface area (Å²) in [5, 5.41) is 0. The first-order valence-corrected chi connectivity index (χ1v) is 12.1. The average Bonchev–Trinajstić information content (AvgIpc) is 2.81. The molecule has 3 nitrogen and oxygen atoms in total. The number of ether oxygens (including phenoxy) is 1. The van der Waals surface area contributed by atoms with Crippen molar-refractivity contribution in [3.63, 3.8) is 0 Å². The number of ketones is 1. The minimum atomic E-state index is -0.794. The number of carbonyl (C=O) groups excluding carboxylic acids is 2. The van der Waals surface area contributed by atoms with E-state index in [1.54, 1.807) is 42.6 Å². The summed E-state index contributed by atoms with van der Waals surface area (Å²) in [6.07, 6.45) is 1.14. The Morgan fingerprint density at radius 3 is 1.71 bits per heavy atom. The van der Waals surface area contributed by atoms with Gasteiger partial charge in [0.25, 0.3) is 0 Å². The second-order valence-corrected chi connectivity index (χ2v) is 9.75. The van der Waals surface area contributed by atoms with Crippen LogP contribution < -0.4 is 0 Å². The summed E-state index contributed by atoms with van der Waals surface area (Å²) in [4.78, 5) is 28.0. The molecule has 0 aromatic heterocycles. The molecule has 5 heteroatoms. The zero-order chi connectivity index (χ0) is 21.9. The quantitative estimate of drug-likeness (QED) is 0.106. The standard InChI is InChI=1S/C26H26O3S2/c1-2-29-26(28)23(25(27)20-12-6-3-7-13-20)18-19-24(30-21-14-8-4-9-15-21)31-22-16-10-5-11-17-22/h3-17,23-24H,2,18-19H2,1H3. The van der Waals surface area contributed by atoms with Gasteiger partial charge in [0.1, 0.15) is 5.92 Å². The number of rotatable bonds is 11. The van der Waals surface area contributed by atoms with E-state index in [4.69, 9.17) is 4.74 Å². The molecule has 3 rings (SSSR count). The lowest BCUT2D eigenvalue weighted by Gasteiger charge is -2.20. The summed E-state index contributed by atoms with van der Waals surface area (Å²) < 4.78 is 5.40. The third-order valence-corrected chi connectivity index (χ3v) is 7.32. The molecule has 0 radical (unpaired) electrons. The molecular formula is C26H26O3S2. The van der Waals surface area contributed by atoms with Crippen molar-refractivity contribution in [2.24, 2.45) is 5.92 Å². The van der Waals surface area contributed by atoms with Crippen molar-refractivity contribution in [2.75, 3.05) is 6.61 Å². The Morgan fingerprint density at radius 2 is 1.23 bits per heavy atom. The fourth-order valence-electron chi connectivity index (χ4n) is 3.15. The van der Waals surface area contributed by atoms with Crippen molar-refractivity contribution in [2.45, 2.75) is 34.1 Å². The van der Waals surface area contributed by atoms with E-state index in [0.717, 1.165) is 9.79 Å². The van der Waals surface area contributed by atoms with E-state index in [2.05, 4.69) is 24.3 Å². The van der Waals surface area contributed by atoms with Crippen LogP contribution in [-0.4, -0.2) is 22.9 Å². The molecule has 1 unspecified atom stereocenters. The first kappa shape index (κ1) is 23.2. The molecule has 0 spiro atoms. The zero-order valence-electron chi connectivity index (χ0n) is 17.5. The Morgan fingerprint density at radius 1 is 0.742 bits per heavy atom. The number of hydrogen-bond acceptors (Lipinski definition) is 5. The molecule has 0 aliphatic heterocycles. The highest BCUT2D eigenvalue weighted by Gasteiger charge is 2.30. The molecule has 31 heavy (non-hydrogen) atoms. The molecule has 3 aromatic carbocycles. The van der Waals surface area contributed by atoms with Crippen LogP contribution >= 0.6 is 23.5 Å². The van der Waals surface area contributed by atoms with E-state index in [-0.39, 0.29) is 17.0 Å². The fourth-order valence-corrected chi connectivity index (χ4v) is 5.75. The van der Waals surface area contributed by atoms with Gasteiger partial charge in [-0.3, -0.25) is 9.59 Å². The highest BCUT2D eigenvalue weighted by atomic mass is 32.2. The van der Waals surface area contributed by atoms with E-state index < -0.39 is 11.9 Å². The van der Waals surface area contributed by atoms with E-state index in [1.165, 1.54) is 0 Å². The van der Waals surface area contributed by atoms with Crippen molar-refractivity contribution in [3.8, 4) is 0 Å². The van der Waals surface area contributed by atoms with Gasteiger partial charge in [-0.2, -0.15) is 0 Å². The number of benzene rings is 3. The maximum absolute atomic E-state index is 13.1. The smallest absolute Gasteiger partial charge is 0.316 e. The van der Waals surface area contributed by atoms with Crippen molar-refractivity contribution in [1.82, 2.24) is 0 Å². The van der Waals surface area contributed by atoms with Crippen molar-refractivity contribution >= 4 is 35.3 Å². The van der Waals surface area contributed by atoms with Gasteiger partial charge in [0, 0.05) is 15.4 Å². The number of hydrogen-bond donors (Lipinski definition) is 0. The lowest BCUT2D eigenvalue weighted by molar-refractivity contribution is -0.146. The molecule has 160 valence electrons. The van der Waals surface area contributed by atoms with Crippen LogP contribution in [-0.2, 0) is 9.53 Å². The van der Waals surface area contributed by atoms with Crippen LogP contribution in [0.4, 0.5) is 0 Å². The molecule has 0 N–H and O–H groups in total. The van der Waals surface area contributed by atoms with E-state index in [0.29, 0.717) is 18.4 Å². The lowest BCUT2D eigenvalue weighted by atomic mass is 9.93. The third-order valence-electron chi connectivity index (χ3n) is 4.66. The van der Waals surface area contributed by atoms with Crippen molar-refractivity contribution in [3.05, 3.63) is 96.6 Å². The van der Waals surface area contributed by atoms with Crippen molar-refractivity contribution in [1.29, 1.82) is 0 Å². The second-order valence-electron chi connectivity index (χ2n) is 6.90. The largest absolute Gasteiger partial charge is 0.465 e. The summed E-state index contributed by atoms with van der Waals surface area (Å²) in [6, 6.07) is 29.4. The van der Waals surface area contributed by atoms with Crippen LogP contribution in [0.1, 0.15) is 30.1 Å². The third kappa shape index (κ3) is 7.30. The van der Waals surface area contributed by atoms with E-state index >= 15 is 0 Å². The monoisotopic (exact) mass is 450 g/mol. The van der Waals surface area contributed by atoms with Crippen LogP contribution in [0.2, 0.25) is 0 Å². The normalized spacial score (nSPS) is 11.8. The Hall–Kier alpha value is -2.50. The maximum Gasteiger partial charge on any atom is 0.316 e. The summed E-state index contributed by atoms with van der Waals surface area (Å²) in [6.45, 7) is 2.03. The van der Waals surface area contributed by atoms with Gasteiger partial charge in [-0.25, -0.2) is 0 Å². The highest BCUT2D eigenvalue weighted by molar-refractivity contribution is 8.17. The molecular weight excluding hydrogens is 424 g/mol. The predicted molar refractivity (Wildman–Crippen MR) is 129 cm³/mol. The maximum atomic E-state index is 13.1.